The third-order valence-electron chi connectivity index (χ3n) is 2.83. The first kappa shape index (κ1) is 14.6. The predicted octanol–water partition coefficient (Wildman–Crippen LogP) is 3.66. The van der Waals surface area contributed by atoms with Crippen molar-refractivity contribution in [3.05, 3.63) is 34.1 Å². The van der Waals surface area contributed by atoms with Crippen molar-refractivity contribution in [2.75, 3.05) is 13.7 Å². The average molecular weight is 304 g/mol. The minimum Gasteiger partial charge on any atom is -0.377 e. The number of nitrogens with one attached hydrogen (secondary N) is 1. The Labute approximate surface area is 111 Å². The van der Waals surface area contributed by atoms with E-state index >= 15 is 0 Å². The maximum atomic E-state index is 13.1. The zero-order valence-corrected chi connectivity index (χ0v) is 12.3. The maximum absolute atomic E-state index is 13.1. The van der Waals surface area contributed by atoms with E-state index in [4.69, 9.17) is 4.74 Å². The lowest BCUT2D eigenvalue weighted by Crippen LogP contribution is -2.37. The number of hydrogen-bond acceptors (Lipinski definition) is 2. The third-order valence-corrected chi connectivity index (χ3v) is 3.44. The summed E-state index contributed by atoms with van der Waals surface area (Å²) in [6, 6.07) is 5.21. The molecule has 1 aromatic carbocycles. The molecule has 17 heavy (non-hydrogen) atoms. The molecule has 0 aliphatic heterocycles. The van der Waals surface area contributed by atoms with Gasteiger partial charge in [0, 0.05) is 19.7 Å². The van der Waals surface area contributed by atoms with Gasteiger partial charge in [0.1, 0.15) is 5.82 Å². The van der Waals surface area contributed by atoms with Crippen molar-refractivity contribution in [1.29, 1.82) is 0 Å². The highest BCUT2D eigenvalue weighted by Crippen LogP contribution is 2.21. The molecule has 1 atom stereocenters. The summed E-state index contributed by atoms with van der Waals surface area (Å²) >= 11 is 3.19. The first-order valence-corrected chi connectivity index (χ1v) is 6.38. The summed E-state index contributed by atoms with van der Waals surface area (Å²) in [6.45, 7) is 6.83. The standard InChI is InChI=1S/C13H19BrFNO/c1-9(16-8-13(2,3)17-4)10-5-6-12(15)11(14)7-10/h5-7,9,16H,8H2,1-4H3. The van der Waals surface area contributed by atoms with E-state index in [-0.39, 0.29) is 17.5 Å². The molecule has 0 aliphatic rings. The predicted molar refractivity (Wildman–Crippen MR) is 71.6 cm³/mol. The molecule has 1 unspecified atom stereocenters. The quantitative estimate of drug-likeness (QED) is 0.896. The van der Waals surface area contributed by atoms with E-state index in [1.807, 2.05) is 20.8 Å². The highest BCUT2D eigenvalue weighted by Gasteiger charge is 2.17. The minimum absolute atomic E-state index is 0.154. The molecule has 4 heteroatoms. The first-order chi connectivity index (χ1) is 7.85. The largest absolute Gasteiger partial charge is 0.377 e. The molecule has 0 radical (unpaired) electrons. The van der Waals surface area contributed by atoms with Crippen molar-refractivity contribution >= 4 is 15.9 Å². The Morgan fingerprint density at radius 1 is 1.47 bits per heavy atom. The Kier molecular flexibility index (Phi) is 5.10. The fourth-order valence-corrected chi connectivity index (χ4v) is 1.77. The van der Waals surface area contributed by atoms with Crippen molar-refractivity contribution < 1.29 is 9.13 Å². The van der Waals surface area contributed by atoms with Gasteiger partial charge in [0.25, 0.3) is 0 Å². The molecule has 96 valence electrons. The molecule has 1 rings (SSSR count). The van der Waals surface area contributed by atoms with Gasteiger partial charge in [-0.25, -0.2) is 4.39 Å². The fourth-order valence-electron chi connectivity index (χ4n) is 1.37. The van der Waals surface area contributed by atoms with Gasteiger partial charge < -0.3 is 10.1 Å². The Hall–Kier alpha value is -0.450. The van der Waals surface area contributed by atoms with Gasteiger partial charge in [-0.05, 0) is 54.4 Å². The van der Waals surface area contributed by atoms with Gasteiger partial charge in [0.2, 0.25) is 0 Å². The average Bonchev–Trinajstić information content (AvgIpc) is 2.30. The SMILES string of the molecule is COC(C)(C)CNC(C)c1ccc(F)c(Br)c1. The molecule has 0 saturated heterocycles. The number of ether oxygens (including phenoxy) is 1. The zero-order valence-electron chi connectivity index (χ0n) is 10.7. The molecule has 0 aliphatic carbocycles. The molecular formula is C13H19BrFNO. The number of hydrogen-bond donors (Lipinski definition) is 1. The molecule has 0 amide bonds. The van der Waals surface area contributed by atoms with Crippen LogP contribution < -0.4 is 5.32 Å². The summed E-state index contributed by atoms with van der Waals surface area (Å²) in [7, 11) is 1.70. The van der Waals surface area contributed by atoms with E-state index in [0.717, 1.165) is 12.1 Å². The van der Waals surface area contributed by atoms with Crippen LogP contribution in [0.25, 0.3) is 0 Å². The van der Waals surface area contributed by atoms with Gasteiger partial charge in [-0.1, -0.05) is 6.07 Å². The van der Waals surface area contributed by atoms with Crippen LogP contribution in [0, 0.1) is 5.82 Å². The zero-order chi connectivity index (χ0) is 13.1. The number of benzene rings is 1. The van der Waals surface area contributed by atoms with Gasteiger partial charge in [0.15, 0.2) is 0 Å². The Bertz CT molecular complexity index is 382. The van der Waals surface area contributed by atoms with Crippen LogP contribution in [0.2, 0.25) is 0 Å². The number of halogens is 2. The first-order valence-electron chi connectivity index (χ1n) is 5.59. The lowest BCUT2D eigenvalue weighted by Gasteiger charge is -2.26. The van der Waals surface area contributed by atoms with Crippen LogP contribution in [0.3, 0.4) is 0 Å². The van der Waals surface area contributed by atoms with E-state index in [9.17, 15) is 4.39 Å². The molecule has 0 bridgehead atoms. The lowest BCUT2D eigenvalue weighted by molar-refractivity contribution is 0.0214. The van der Waals surface area contributed by atoms with Gasteiger partial charge in [-0.15, -0.1) is 0 Å². The van der Waals surface area contributed by atoms with E-state index in [2.05, 4.69) is 21.2 Å². The fraction of sp³-hybridized carbons (Fsp3) is 0.538. The van der Waals surface area contributed by atoms with Gasteiger partial charge in [0.05, 0.1) is 10.1 Å². The minimum atomic E-state index is -0.238. The van der Waals surface area contributed by atoms with Crippen LogP contribution in [0.4, 0.5) is 4.39 Å². The lowest BCUT2D eigenvalue weighted by atomic mass is 10.1. The number of rotatable bonds is 5. The monoisotopic (exact) mass is 303 g/mol. The molecule has 0 spiro atoms. The molecule has 0 aromatic heterocycles. The van der Waals surface area contributed by atoms with E-state index in [1.54, 1.807) is 19.2 Å². The Balaban J connectivity index is 2.64. The summed E-state index contributed by atoms with van der Waals surface area (Å²) in [4.78, 5) is 0. The second-order valence-corrected chi connectivity index (χ2v) is 5.59. The van der Waals surface area contributed by atoms with Crippen LogP contribution in [0.1, 0.15) is 32.4 Å². The van der Waals surface area contributed by atoms with Crippen molar-refractivity contribution in [3.63, 3.8) is 0 Å². The molecule has 0 heterocycles. The van der Waals surface area contributed by atoms with Crippen molar-refractivity contribution in [2.45, 2.75) is 32.4 Å². The molecule has 2 nitrogen and oxygen atoms in total. The normalized spacial score (nSPS) is 13.8. The van der Waals surface area contributed by atoms with Gasteiger partial charge in [-0.2, -0.15) is 0 Å². The summed E-state index contributed by atoms with van der Waals surface area (Å²) in [5.41, 5.74) is 0.844. The van der Waals surface area contributed by atoms with Crippen LogP contribution in [0.5, 0.6) is 0 Å². The topological polar surface area (TPSA) is 21.3 Å². The molecule has 1 N–H and O–H groups in total. The second kappa shape index (κ2) is 5.94. The maximum Gasteiger partial charge on any atom is 0.137 e. The van der Waals surface area contributed by atoms with Crippen LogP contribution in [-0.4, -0.2) is 19.3 Å². The van der Waals surface area contributed by atoms with Crippen LogP contribution >= 0.6 is 15.9 Å². The van der Waals surface area contributed by atoms with Crippen molar-refractivity contribution in [2.24, 2.45) is 0 Å². The van der Waals surface area contributed by atoms with Crippen molar-refractivity contribution in [3.8, 4) is 0 Å². The summed E-state index contributed by atoms with van der Waals surface area (Å²) < 4.78 is 18.9. The summed E-state index contributed by atoms with van der Waals surface area (Å²) in [5, 5.41) is 3.37. The Morgan fingerprint density at radius 3 is 2.65 bits per heavy atom. The van der Waals surface area contributed by atoms with E-state index in [0.29, 0.717) is 4.47 Å². The van der Waals surface area contributed by atoms with Gasteiger partial charge in [-0.3, -0.25) is 0 Å². The van der Waals surface area contributed by atoms with Crippen LogP contribution in [-0.2, 0) is 4.74 Å². The molecular weight excluding hydrogens is 285 g/mol. The number of methoxy groups -OCH3 is 1. The van der Waals surface area contributed by atoms with Crippen LogP contribution in [0.15, 0.2) is 22.7 Å². The highest BCUT2D eigenvalue weighted by atomic mass is 79.9. The molecule has 1 aromatic rings. The molecule has 0 fully saturated rings. The molecule has 0 saturated carbocycles. The smallest absolute Gasteiger partial charge is 0.137 e. The van der Waals surface area contributed by atoms with E-state index in [1.165, 1.54) is 6.07 Å². The van der Waals surface area contributed by atoms with Gasteiger partial charge >= 0.3 is 0 Å². The summed E-state index contributed by atoms with van der Waals surface area (Å²) in [5.74, 6) is -0.238. The van der Waals surface area contributed by atoms with E-state index < -0.39 is 0 Å². The highest BCUT2D eigenvalue weighted by molar-refractivity contribution is 9.10. The third kappa shape index (κ3) is 4.37. The summed E-state index contributed by atoms with van der Waals surface area (Å²) in [6.07, 6.45) is 0. The second-order valence-electron chi connectivity index (χ2n) is 4.74. The Morgan fingerprint density at radius 2 is 2.12 bits per heavy atom. The van der Waals surface area contributed by atoms with Crippen molar-refractivity contribution in [1.82, 2.24) is 5.32 Å².